The first-order valence-corrected chi connectivity index (χ1v) is 5.60. The van der Waals surface area contributed by atoms with E-state index in [0.717, 1.165) is 18.4 Å². The van der Waals surface area contributed by atoms with Crippen molar-refractivity contribution in [2.45, 2.75) is 30.2 Å². The summed E-state index contributed by atoms with van der Waals surface area (Å²) in [6.07, 6.45) is 2.00. The smallest absolute Gasteiger partial charge is 0.306 e. The van der Waals surface area contributed by atoms with Crippen LogP contribution in [0.2, 0.25) is 0 Å². The van der Waals surface area contributed by atoms with Gasteiger partial charge in [0.05, 0.1) is 5.38 Å². The lowest BCUT2D eigenvalue weighted by atomic mass is 9.92. The molecule has 3 rings (SSSR count). The quantitative estimate of drug-likeness (QED) is 0.498. The van der Waals surface area contributed by atoms with Gasteiger partial charge in [-0.15, -0.1) is 11.6 Å². The average Bonchev–Trinajstić information content (AvgIpc) is 2.73. The third-order valence-electron chi connectivity index (χ3n) is 3.37. The minimum atomic E-state index is -0.533. The van der Waals surface area contributed by atoms with E-state index in [4.69, 9.17) is 16.3 Å². The van der Waals surface area contributed by atoms with Gasteiger partial charge in [0.15, 0.2) is 5.60 Å². The molecule has 2 aliphatic rings. The van der Waals surface area contributed by atoms with Crippen LogP contribution < -0.4 is 0 Å². The third kappa shape index (κ3) is 1.14. The Hall–Kier alpha value is -1.02. The number of halogens is 1. The van der Waals surface area contributed by atoms with Gasteiger partial charge in [-0.05, 0) is 12.0 Å². The standard InChI is InChI=1S/C12H11ClO2/c13-10-7-8-3-1-2-4-9(8)12(10)6-5-11(14)15-12/h1-4,10H,5-7H2/t10-,12-/m0/s1. The molecule has 1 aliphatic heterocycles. The highest BCUT2D eigenvalue weighted by molar-refractivity contribution is 6.22. The topological polar surface area (TPSA) is 26.3 Å². The van der Waals surface area contributed by atoms with Gasteiger partial charge in [-0.1, -0.05) is 24.3 Å². The highest BCUT2D eigenvalue weighted by Crippen LogP contribution is 2.49. The number of benzene rings is 1. The van der Waals surface area contributed by atoms with Gasteiger partial charge in [-0.3, -0.25) is 4.79 Å². The van der Waals surface area contributed by atoms with Crippen molar-refractivity contribution in [3.8, 4) is 0 Å². The minimum absolute atomic E-state index is 0.110. The highest BCUT2D eigenvalue weighted by Gasteiger charge is 2.52. The molecular weight excluding hydrogens is 212 g/mol. The second-order valence-electron chi connectivity index (χ2n) is 4.19. The second kappa shape index (κ2) is 2.99. The molecule has 0 N–H and O–H groups in total. The van der Waals surface area contributed by atoms with E-state index in [9.17, 15) is 4.79 Å². The third-order valence-corrected chi connectivity index (χ3v) is 3.88. The number of esters is 1. The Morgan fingerprint density at radius 1 is 1.40 bits per heavy atom. The zero-order valence-corrected chi connectivity index (χ0v) is 8.96. The molecule has 0 aromatic heterocycles. The van der Waals surface area contributed by atoms with Crippen LogP contribution in [-0.2, 0) is 21.6 Å². The van der Waals surface area contributed by atoms with Gasteiger partial charge in [0.25, 0.3) is 0 Å². The summed E-state index contributed by atoms with van der Waals surface area (Å²) in [7, 11) is 0. The summed E-state index contributed by atoms with van der Waals surface area (Å²) in [6.45, 7) is 0. The van der Waals surface area contributed by atoms with Gasteiger partial charge in [0.2, 0.25) is 0 Å². The fourth-order valence-electron chi connectivity index (χ4n) is 2.64. The number of carbonyl (C=O) groups is 1. The molecule has 15 heavy (non-hydrogen) atoms. The summed E-state index contributed by atoms with van der Waals surface area (Å²) in [4.78, 5) is 11.3. The Labute approximate surface area is 93.2 Å². The summed E-state index contributed by atoms with van der Waals surface area (Å²) in [5, 5.41) is -0.110. The van der Waals surface area contributed by atoms with Gasteiger partial charge in [-0.2, -0.15) is 0 Å². The molecule has 1 heterocycles. The van der Waals surface area contributed by atoms with Crippen LogP contribution >= 0.6 is 11.6 Å². The van der Waals surface area contributed by atoms with Gasteiger partial charge in [-0.25, -0.2) is 0 Å². The van der Waals surface area contributed by atoms with Crippen LogP contribution in [0.25, 0.3) is 0 Å². The first-order chi connectivity index (χ1) is 7.22. The average molecular weight is 223 g/mol. The Bertz CT molecular complexity index is 429. The van der Waals surface area contributed by atoms with Crippen molar-refractivity contribution in [2.75, 3.05) is 0 Å². The summed E-state index contributed by atoms with van der Waals surface area (Å²) < 4.78 is 5.48. The van der Waals surface area contributed by atoms with Crippen molar-refractivity contribution in [3.63, 3.8) is 0 Å². The molecule has 0 amide bonds. The van der Waals surface area contributed by atoms with Crippen LogP contribution in [0.1, 0.15) is 24.0 Å². The molecule has 1 saturated heterocycles. The maximum Gasteiger partial charge on any atom is 0.306 e. The van der Waals surface area contributed by atoms with Crippen LogP contribution in [0, 0.1) is 0 Å². The number of ether oxygens (including phenoxy) is 1. The lowest BCUT2D eigenvalue weighted by molar-refractivity contribution is -0.148. The second-order valence-corrected chi connectivity index (χ2v) is 4.72. The minimum Gasteiger partial charge on any atom is -0.453 e. The summed E-state index contributed by atoms with van der Waals surface area (Å²) in [6, 6.07) is 8.06. The fraction of sp³-hybridized carbons (Fsp3) is 0.417. The normalized spacial score (nSPS) is 33.1. The van der Waals surface area contributed by atoms with E-state index in [1.807, 2.05) is 18.2 Å². The molecular formula is C12H11ClO2. The van der Waals surface area contributed by atoms with Crippen LogP contribution in [0.3, 0.4) is 0 Å². The maximum absolute atomic E-state index is 11.3. The Morgan fingerprint density at radius 3 is 2.93 bits per heavy atom. The number of hydrogen-bond donors (Lipinski definition) is 0. The number of hydrogen-bond acceptors (Lipinski definition) is 2. The predicted octanol–water partition coefficient (Wildman–Crippen LogP) is 2.38. The molecule has 78 valence electrons. The van der Waals surface area contributed by atoms with Crippen LogP contribution in [0.5, 0.6) is 0 Å². The van der Waals surface area contributed by atoms with E-state index in [0.29, 0.717) is 6.42 Å². The highest BCUT2D eigenvalue weighted by atomic mass is 35.5. The van der Waals surface area contributed by atoms with E-state index in [2.05, 4.69) is 6.07 Å². The Balaban J connectivity index is 2.13. The van der Waals surface area contributed by atoms with Gasteiger partial charge < -0.3 is 4.74 Å². The van der Waals surface area contributed by atoms with Crippen molar-refractivity contribution in [2.24, 2.45) is 0 Å². The molecule has 1 aromatic carbocycles. The molecule has 1 fully saturated rings. The fourth-order valence-corrected chi connectivity index (χ4v) is 3.08. The van der Waals surface area contributed by atoms with E-state index >= 15 is 0 Å². The molecule has 1 aliphatic carbocycles. The molecule has 2 atom stereocenters. The van der Waals surface area contributed by atoms with Crippen molar-refractivity contribution in [1.82, 2.24) is 0 Å². The molecule has 3 heteroatoms. The Morgan fingerprint density at radius 2 is 2.20 bits per heavy atom. The van der Waals surface area contributed by atoms with E-state index in [1.165, 1.54) is 5.56 Å². The largest absolute Gasteiger partial charge is 0.453 e. The van der Waals surface area contributed by atoms with Crippen molar-refractivity contribution < 1.29 is 9.53 Å². The molecule has 1 aromatic rings. The van der Waals surface area contributed by atoms with Gasteiger partial charge in [0.1, 0.15) is 0 Å². The van der Waals surface area contributed by atoms with Crippen molar-refractivity contribution in [1.29, 1.82) is 0 Å². The molecule has 0 bridgehead atoms. The van der Waals surface area contributed by atoms with E-state index in [1.54, 1.807) is 0 Å². The molecule has 0 saturated carbocycles. The van der Waals surface area contributed by atoms with Crippen LogP contribution in [0.15, 0.2) is 24.3 Å². The van der Waals surface area contributed by atoms with Crippen molar-refractivity contribution >= 4 is 17.6 Å². The lowest BCUT2D eigenvalue weighted by Gasteiger charge is -2.26. The van der Waals surface area contributed by atoms with Crippen LogP contribution in [0.4, 0.5) is 0 Å². The molecule has 1 spiro atoms. The zero-order chi connectivity index (χ0) is 10.5. The number of fused-ring (bicyclic) bond motifs is 2. The molecule has 2 nitrogen and oxygen atoms in total. The van der Waals surface area contributed by atoms with Crippen molar-refractivity contribution in [3.05, 3.63) is 35.4 Å². The van der Waals surface area contributed by atoms with Gasteiger partial charge in [0, 0.05) is 18.4 Å². The number of carbonyl (C=O) groups excluding carboxylic acids is 1. The zero-order valence-electron chi connectivity index (χ0n) is 8.20. The summed E-state index contributed by atoms with van der Waals surface area (Å²) >= 11 is 6.33. The number of rotatable bonds is 0. The first kappa shape index (κ1) is 9.22. The van der Waals surface area contributed by atoms with E-state index < -0.39 is 5.60 Å². The predicted molar refractivity (Wildman–Crippen MR) is 56.8 cm³/mol. The van der Waals surface area contributed by atoms with Crippen LogP contribution in [-0.4, -0.2) is 11.3 Å². The summed E-state index contributed by atoms with van der Waals surface area (Å²) in [5.41, 5.74) is 1.79. The SMILES string of the molecule is O=C1CC[C@]2(O1)c1ccccc1C[C@@H]2Cl. The first-order valence-electron chi connectivity index (χ1n) is 5.17. The lowest BCUT2D eigenvalue weighted by Crippen LogP contribution is -2.31. The summed E-state index contributed by atoms with van der Waals surface area (Å²) in [5.74, 6) is -0.127. The monoisotopic (exact) mass is 222 g/mol. The Kier molecular flexibility index (Phi) is 1.84. The molecule has 0 unspecified atom stereocenters. The number of alkyl halides is 1. The maximum atomic E-state index is 11.3. The molecule has 0 radical (unpaired) electrons. The van der Waals surface area contributed by atoms with E-state index in [-0.39, 0.29) is 11.3 Å². The van der Waals surface area contributed by atoms with Gasteiger partial charge >= 0.3 is 5.97 Å².